The Morgan fingerprint density at radius 1 is 0.889 bits per heavy atom. The maximum absolute atomic E-state index is 13.0. The van der Waals surface area contributed by atoms with Crippen molar-refractivity contribution in [1.29, 1.82) is 0 Å². The smallest absolute Gasteiger partial charge is 0.231 e. The summed E-state index contributed by atoms with van der Waals surface area (Å²) in [6.45, 7) is 3.90. The molecule has 2 aromatic carbocycles. The number of amides is 1. The Kier molecular flexibility index (Phi) is 5.05. The lowest BCUT2D eigenvalue weighted by molar-refractivity contribution is -0.131. The maximum Gasteiger partial charge on any atom is 0.231 e. The first-order chi connectivity index (χ1) is 13.2. The topological polar surface area (TPSA) is 57.2 Å². The van der Waals surface area contributed by atoms with Gasteiger partial charge < -0.3 is 23.8 Å². The van der Waals surface area contributed by atoms with Crippen molar-refractivity contribution in [3.05, 3.63) is 47.5 Å². The fourth-order valence-electron chi connectivity index (χ4n) is 3.24. The summed E-state index contributed by atoms with van der Waals surface area (Å²) in [5.41, 5.74) is 1.96. The zero-order valence-electron chi connectivity index (χ0n) is 15.4. The second-order valence-corrected chi connectivity index (χ2v) is 6.72. The first-order valence-electron chi connectivity index (χ1n) is 9.28. The molecule has 0 saturated heterocycles. The largest absolute Gasteiger partial charge is 0.454 e. The number of unbranched alkanes of at least 4 members (excludes halogenated alkanes) is 1. The third-order valence-electron chi connectivity index (χ3n) is 4.74. The molecule has 0 unspecified atom stereocenters. The number of nitrogens with zero attached hydrogens (tertiary/aromatic N) is 1. The number of hydrogen-bond donors (Lipinski definition) is 0. The molecule has 0 aromatic heterocycles. The quantitative estimate of drug-likeness (QED) is 0.747. The van der Waals surface area contributed by atoms with Crippen LogP contribution in [-0.2, 0) is 17.8 Å². The summed E-state index contributed by atoms with van der Waals surface area (Å²) in [7, 11) is 0. The van der Waals surface area contributed by atoms with Crippen LogP contribution < -0.4 is 18.9 Å². The molecule has 2 aliphatic heterocycles. The number of ether oxygens (including phenoxy) is 4. The first kappa shape index (κ1) is 17.5. The van der Waals surface area contributed by atoms with E-state index in [0.717, 1.165) is 47.8 Å². The lowest BCUT2D eigenvalue weighted by Crippen LogP contribution is -2.32. The molecule has 2 heterocycles. The summed E-state index contributed by atoms with van der Waals surface area (Å²) >= 11 is 0. The van der Waals surface area contributed by atoms with Gasteiger partial charge in [-0.2, -0.15) is 0 Å². The number of carbonyl (C=O) groups is 1. The van der Waals surface area contributed by atoms with Gasteiger partial charge in [0.25, 0.3) is 0 Å². The van der Waals surface area contributed by atoms with Gasteiger partial charge in [0.05, 0.1) is 6.42 Å². The van der Waals surface area contributed by atoms with Crippen LogP contribution in [0.4, 0.5) is 0 Å². The zero-order chi connectivity index (χ0) is 18.6. The van der Waals surface area contributed by atoms with Gasteiger partial charge in [-0.1, -0.05) is 25.5 Å². The number of benzene rings is 2. The molecule has 0 atom stereocenters. The lowest BCUT2D eigenvalue weighted by atomic mass is 10.1. The highest BCUT2D eigenvalue weighted by atomic mass is 16.7. The van der Waals surface area contributed by atoms with E-state index in [9.17, 15) is 4.79 Å². The van der Waals surface area contributed by atoms with E-state index in [1.807, 2.05) is 41.3 Å². The van der Waals surface area contributed by atoms with Gasteiger partial charge in [-0.3, -0.25) is 4.79 Å². The molecular weight excluding hydrogens is 346 g/mol. The van der Waals surface area contributed by atoms with Crippen molar-refractivity contribution < 1.29 is 23.7 Å². The molecule has 142 valence electrons. The predicted molar refractivity (Wildman–Crippen MR) is 99.2 cm³/mol. The van der Waals surface area contributed by atoms with Crippen LogP contribution in [0.1, 0.15) is 30.9 Å². The molecule has 0 fully saturated rings. The number of rotatable bonds is 7. The van der Waals surface area contributed by atoms with Gasteiger partial charge >= 0.3 is 0 Å². The Morgan fingerprint density at radius 3 is 2.15 bits per heavy atom. The van der Waals surface area contributed by atoms with Gasteiger partial charge in [0.15, 0.2) is 23.0 Å². The van der Waals surface area contributed by atoms with Gasteiger partial charge in [0, 0.05) is 13.1 Å². The molecule has 27 heavy (non-hydrogen) atoms. The van der Waals surface area contributed by atoms with Crippen LogP contribution in [0.5, 0.6) is 23.0 Å². The van der Waals surface area contributed by atoms with Crippen LogP contribution >= 0.6 is 0 Å². The third kappa shape index (κ3) is 3.94. The summed E-state index contributed by atoms with van der Waals surface area (Å²) in [5.74, 6) is 3.03. The lowest BCUT2D eigenvalue weighted by Gasteiger charge is -2.23. The molecule has 2 aliphatic rings. The normalized spacial score (nSPS) is 13.7. The molecular formula is C21H23NO5. The van der Waals surface area contributed by atoms with Crippen molar-refractivity contribution in [2.24, 2.45) is 0 Å². The van der Waals surface area contributed by atoms with E-state index < -0.39 is 0 Å². The van der Waals surface area contributed by atoms with E-state index >= 15 is 0 Å². The SMILES string of the molecule is CCCCN(Cc1ccc2c(c1)OCO2)C(=O)Cc1ccc2c(c1)OCO2. The summed E-state index contributed by atoms with van der Waals surface area (Å²) in [4.78, 5) is 14.9. The molecule has 0 spiro atoms. The van der Waals surface area contributed by atoms with E-state index in [1.165, 1.54) is 0 Å². The van der Waals surface area contributed by atoms with Crippen LogP contribution in [0, 0.1) is 0 Å². The third-order valence-corrected chi connectivity index (χ3v) is 4.74. The highest BCUT2D eigenvalue weighted by Gasteiger charge is 2.19. The Labute approximate surface area is 158 Å². The number of fused-ring (bicyclic) bond motifs is 2. The van der Waals surface area contributed by atoms with Crippen LogP contribution in [0.15, 0.2) is 36.4 Å². The maximum atomic E-state index is 13.0. The number of hydrogen-bond acceptors (Lipinski definition) is 5. The van der Waals surface area contributed by atoms with Crippen LogP contribution in [-0.4, -0.2) is 30.9 Å². The molecule has 0 N–H and O–H groups in total. The second kappa shape index (κ2) is 7.78. The zero-order valence-corrected chi connectivity index (χ0v) is 15.4. The fourth-order valence-corrected chi connectivity index (χ4v) is 3.24. The van der Waals surface area contributed by atoms with Crippen LogP contribution in [0.2, 0.25) is 0 Å². The minimum atomic E-state index is 0.0972. The van der Waals surface area contributed by atoms with Gasteiger partial charge in [0.1, 0.15) is 0 Å². The van der Waals surface area contributed by atoms with Gasteiger partial charge in [-0.05, 0) is 41.8 Å². The first-order valence-corrected chi connectivity index (χ1v) is 9.28. The van der Waals surface area contributed by atoms with E-state index in [-0.39, 0.29) is 19.5 Å². The average Bonchev–Trinajstić information content (AvgIpc) is 3.33. The molecule has 2 aromatic rings. The van der Waals surface area contributed by atoms with Crippen molar-refractivity contribution in [3.8, 4) is 23.0 Å². The molecule has 6 nitrogen and oxygen atoms in total. The minimum Gasteiger partial charge on any atom is -0.454 e. The Morgan fingerprint density at radius 2 is 1.48 bits per heavy atom. The van der Waals surface area contributed by atoms with Crippen molar-refractivity contribution in [2.75, 3.05) is 20.1 Å². The van der Waals surface area contributed by atoms with E-state index in [2.05, 4.69) is 6.92 Å². The second-order valence-electron chi connectivity index (χ2n) is 6.72. The van der Waals surface area contributed by atoms with Crippen molar-refractivity contribution in [2.45, 2.75) is 32.7 Å². The summed E-state index contributed by atoms with van der Waals surface area (Å²) < 4.78 is 21.6. The van der Waals surface area contributed by atoms with E-state index in [0.29, 0.717) is 18.7 Å². The van der Waals surface area contributed by atoms with Crippen LogP contribution in [0.3, 0.4) is 0 Å². The molecule has 6 heteroatoms. The molecule has 0 radical (unpaired) electrons. The molecule has 0 saturated carbocycles. The Hall–Kier alpha value is -2.89. The molecule has 0 aliphatic carbocycles. The van der Waals surface area contributed by atoms with Gasteiger partial charge in [-0.15, -0.1) is 0 Å². The van der Waals surface area contributed by atoms with E-state index in [1.54, 1.807) is 0 Å². The van der Waals surface area contributed by atoms with Crippen molar-refractivity contribution in [3.63, 3.8) is 0 Å². The average molecular weight is 369 g/mol. The molecule has 0 bridgehead atoms. The van der Waals surface area contributed by atoms with E-state index in [4.69, 9.17) is 18.9 Å². The number of carbonyl (C=O) groups excluding carboxylic acids is 1. The highest BCUT2D eigenvalue weighted by molar-refractivity contribution is 5.79. The van der Waals surface area contributed by atoms with Gasteiger partial charge in [-0.25, -0.2) is 0 Å². The summed E-state index contributed by atoms with van der Waals surface area (Å²) in [6, 6.07) is 11.5. The minimum absolute atomic E-state index is 0.0972. The molecule has 1 amide bonds. The Balaban J connectivity index is 1.46. The van der Waals surface area contributed by atoms with Gasteiger partial charge in [0.2, 0.25) is 19.5 Å². The fraction of sp³-hybridized carbons (Fsp3) is 0.381. The van der Waals surface area contributed by atoms with Crippen molar-refractivity contribution in [1.82, 2.24) is 4.90 Å². The Bertz CT molecular complexity index is 835. The van der Waals surface area contributed by atoms with Crippen LogP contribution in [0.25, 0.3) is 0 Å². The summed E-state index contributed by atoms with van der Waals surface area (Å²) in [5, 5.41) is 0. The molecule has 4 rings (SSSR count). The standard InChI is InChI=1S/C21H23NO5/c1-2-3-8-22(12-16-5-7-18-20(10-16)27-14-25-18)21(23)11-15-4-6-17-19(9-15)26-13-24-17/h4-7,9-10H,2-3,8,11-14H2,1H3. The summed E-state index contributed by atoms with van der Waals surface area (Å²) in [6.07, 6.45) is 2.34. The van der Waals surface area contributed by atoms with Crippen molar-refractivity contribution >= 4 is 5.91 Å². The predicted octanol–water partition coefficient (Wildman–Crippen LogP) is 3.52. The highest BCUT2D eigenvalue weighted by Crippen LogP contribution is 2.34. The monoisotopic (exact) mass is 369 g/mol.